The first-order chi connectivity index (χ1) is 17.9. The zero-order chi connectivity index (χ0) is 28.0. The van der Waals surface area contributed by atoms with Crippen molar-refractivity contribution in [1.82, 2.24) is 15.1 Å². The number of aliphatic carboxylic acids is 1. The van der Waals surface area contributed by atoms with Crippen molar-refractivity contribution in [3.8, 4) is 0 Å². The number of carbonyl (C=O) groups excluding carboxylic acids is 3. The van der Waals surface area contributed by atoms with Crippen LogP contribution in [-0.2, 0) is 21.4 Å². The molecule has 0 bridgehead atoms. The number of carboxylic acid groups (broad SMARTS) is 1. The van der Waals surface area contributed by atoms with E-state index in [0.717, 1.165) is 16.7 Å². The molecule has 1 heterocycles. The van der Waals surface area contributed by atoms with Crippen LogP contribution in [-0.4, -0.2) is 72.5 Å². The third kappa shape index (κ3) is 7.31. The molecule has 1 aliphatic rings. The fourth-order valence-electron chi connectivity index (χ4n) is 4.11. The normalized spacial score (nSPS) is 13.8. The van der Waals surface area contributed by atoms with E-state index in [1.54, 1.807) is 0 Å². The predicted octanol–water partition coefficient (Wildman–Crippen LogP) is 2.76. The number of hydrogen-bond acceptors (Lipinski definition) is 6. The van der Waals surface area contributed by atoms with Gasteiger partial charge in [0.05, 0.1) is 17.4 Å². The molecule has 0 saturated heterocycles. The molecule has 4 amide bonds. The Bertz CT molecular complexity index is 1310. The second kappa shape index (κ2) is 12.1. The Morgan fingerprint density at radius 3 is 2.26 bits per heavy atom. The van der Waals surface area contributed by atoms with Crippen LogP contribution in [0.5, 0.6) is 0 Å². The van der Waals surface area contributed by atoms with Crippen molar-refractivity contribution >= 4 is 39.5 Å². The van der Waals surface area contributed by atoms with Gasteiger partial charge in [-0.1, -0.05) is 44.2 Å². The molecule has 12 heteroatoms. The van der Waals surface area contributed by atoms with Crippen LogP contribution < -0.4 is 10.0 Å². The highest BCUT2D eigenvalue weighted by molar-refractivity contribution is 7.92. The molecule has 1 unspecified atom stereocenters. The highest BCUT2D eigenvalue weighted by Crippen LogP contribution is 2.27. The second-order valence-corrected chi connectivity index (χ2v) is 11.3. The highest BCUT2D eigenvalue weighted by atomic mass is 32.2. The number of amides is 4. The minimum Gasteiger partial charge on any atom is -0.480 e. The van der Waals surface area contributed by atoms with Crippen molar-refractivity contribution in [3.05, 3.63) is 65.2 Å². The molecule has 0 aliphatic carbocycles. The minimum atomic E-state index is -3.59. The van der Waals surface area contributed by atoms with Crippen molar-refractivity contribution in [2.24, 2.45) is 5.92 Å². The summed E-state index contributed by atoms with van der Waals surface area (Å²) in [6, 6.07) is 11.4. The van der Waals surface area contributed by atoms with E-state index in [1.807, 2.05) is 44.2 Å². The van der Waals surface area contributed by atoms with E-state index in [1.165, 1.54) is 23.1 Å². The Balaban J connectivity index is 1.75. The molecule has 1 aliphatic heterocycles. The number of nitrogens with one attached hydrogen (secondary N) is 2. The van der Waals surface area contributed by atoms with Gasteiger partial charge in [-0.05, 0) is 42.5 Å². The molecule has 1 atom stereocenters. The molecule has 0 fully saturated rings. The molecule has 3 rings (SSSR count). The predicted molar refractivity (Wildman–Crippen MR) is 141 cm³/mol. The fourth-order valence-corrected chi connectivity index (χ4v) is 4.66. The molecular formula is C26H32N4O7S. The number of benzene rings is 2. The summed E-state index contributed by atoms with van der Waals surface area (Å²) in [6.07, 6.45) is 1.35. The summed E-state index contributed by atoms with van der Waals surface area (Å²) in [5.41, 5.74) is 1.10. The van der Waals surface area contributed by atoms with Crippen LogP contribution in [0.4, 0.5) is 10.5 Å². The van der Waals surface area contributed by atoms with E-state index in [9.17, 15) is 32.7 Å². The topological polar surface area (TPSA) is 153 Å². The summed E-state index contributed by atoms with van der Waals surface area (Å²) >= 11 is 0. The van der Waals surface area contributed by atoms with Gasteiger partial charge < -0.3 is 15.3 Å². The second-order valence-electron chi connectivity index (χ2n) is 9.56. The van der Waals surface area contributed by atoms with Crippen molar-refractivity contribution in [2.45, 2.75) is 39.3 Å². The number of carbonyl (C=O) groups is 4. The van der Waals surface area contributed by atoms with Gasteiger partial charge in [0.2, 0.25) is 10.0 Å². The van der Waals surface area contributed by atoms with Crippen LogP contribution in [0.25, 0.3) is 0 Å². The zero-order valence-corrected chi connectivity index (χ0v) is 22.3. The zero-order valence-electron chi connectivity index (χ0n) is 21.5. The van der Waals surface area contributed by atoms with Gasteiger partial charge in [0.15, 0.2) is 0 Å². The highest BCUT2D eigenvalue weighted by Gasteiger charge is 2.38. The summed E-state index contributed by atoms with van der Waals surface area (Å²) < 4.78 is 25.3. The van der Waals surface area contributed by atoms with Crippen LogP contribution in [0.2, 0.25) is 0 Å². The van der Waals surface area contributed by atoms with Crippen LogP contribution >= 0.6 is 0 Å². The molecule has 204 valence electrons. The SMILES string of the molecule is CC(C)CCN(C(=O)NCc1ccccc1)C(CCN1C(=O)c2ccc(NS(C)(=O)=O)cc2C1=O)C(=O)O. The third-order valence-electron chi connectivity index (χ3n) is 6.06. The van der Waals surface area contributed by atoms with E-state index >= 15 is 0 Å². The molecule has 0 spiro atoms. The van der Waals surface area contributed by atoms with E-state index in [-0.39, 0.29) is 48.8 Å². The van der Waals surface area contributed by atoms with E-state index < -0.39 is 39.9 Å². The molecule has 0 saturated carbocycles. The first-order valence-corrected chi connectivity index (χ1v) is 14.1. The Morgan fingerprint density at radius 1 is 1.00 bits per heavy atom. The molecule has 2 aromatic rings. The van der Waals surface area contributed by atoms with Gasteiger partial charge in [-0.2, -0.15) is 0 Å². The van der Waals surface area contributed by atoms with Crippen LogP contribution in [0.1, 0.15) is 53.0 Å². The van der Waals surface area contributed by atoms with Gasteiger partial charge in [0, 0.05) is 25.3 Å². The summed E-state index contributed by atoms with van der Waals surface area (Å²) in [6.45, 7) is 4.08. The van der Waals surface area contributed by atoms with Gasteiger partial charge >= 0.3 is 12.0 Å². The summed E-state index contributed by atoms with van der Waals surface area (Å²) in [4.78, 5) is 53.4. The Hall–Kier alpha value is -3.93. The summed E-state index contributed by atoms with van der Waals surface area (Å²) in [5.74, 6) is -2.31. The third-order valence-corrected chi connectivity index (χ3v) is 6.66. The maximum atomic E-state index is 13.1. The number of nitrogens with zero attached hydrogens (tertiary/aromatic N) is 2. The van der Waals surface area contributed by atoms with Crippen molar-refractivity contribution < 1.29 is 32.7 Å². The molecule has 38 heavy (non-hydrogen) atoms. The quantitative estimate of drug-likeness (QED) is 0.347. The first kappa shape index (κ1) is 28.6. The van der Waals surface area contributed by atoms with Gasteiger partial charge in [-0.3, -0.25) is 19.2 Å². The van der Waals surface area contributed by atoms with Crippen LogP contribution in [0.15, 0.2) is 48.5 Å². The lowest BCUT2D eigenvalue weighted by atomic mass is 10.1. The fraction of sp³-hybridized carbons (Fsp3) is 0.385. The number of anilines is 1. The Morgan fingerprint density at radius 2 is 1.66 bits per heavy atom. The number of carboxylic acids is 1. The molecule has 3 N–H and O–H groups in total. The smallest absolute Gasteiger partial charge is 0.326 e. The van der Waals surface area contributed by atoms with Crippen molar-refractivity contribution in [1.29, 1.82) is 0 Å². The van der Waals surface area contributed by atoms with Crippen molar-refractivity contribution in [3.63, 3.8) is 0 Å². The van der Waals surface area contributed by atoms with Gasteiger partial charge in [0.1, 0.15) is 6.04 Å². The Kier molecular flexibility index (Phi) is 9.10. The number of urea groups is 1. The van der Waals surface area contributed by atoms with E-state index in [0.29, 0.717) is 6.42 Å². The standard InChI is InChI=1S/C26H32N4O7S/c1-17(2)11-13-29(26(35)27-16-18-7-5-4-6-8-18)22(25(33)34)12-14-30-23(31)20-10-9-19(28-38(3,36)37)15-21(20)24(30)32/h4-10,15,17,22,28H,11-14,16H2,1-3H3,(H,27,35)(H,33,34). The molecular weight excluding hydrogens is 512 g/mol. The average molecular weight is 545 g/mol. The summed E-state index contributed by atoms with van der Waals surface area (Å²) in [7, 11) is -3.59. The average Bonchev–Trinajstić information content (AvgIpc) is 3.07. The van der Waals surface area contributed by atoms with E-state index in [4.69, 9.17) is 0 Å². The maximum absolute atomic E-state index is 13.1. The molecule has 11 nitrogen and oxygen atoms in total. The van der Waals surface area contributed by atoms with Crippen LogP contribution in [0, 0.1) is 5.92 Å². The number of rotatable bonds is 12. The minimum absolute atomic E-state index is 0.0211. The molecule has 2 aromatic carbocycles. The van der Waals surface area contributed by atoms with Gasteiger partial charge in [0.25, 0.3) is 11.8 Å². The largest absolute Gasteiger partial charge is 0.480 e. The van der Waals surface area contributed by atoms with E-state index in [2.05, 4.69) is 10.0 Å². The molecule has 0 aromatic heterocycles. The lowest BCUT2D eigenvalue weighted by Crippen LogP contribution is -2.51. The van der Waals surface area contributed by atoms with Gasteiger partial charge in [-0.25, -0.2) is 18.0 Å². The number of fused-ring (bicyclic) bond motifs is 1. The summed E-state index contributed by atoms with van der Waals surface area (Å²) in [5, 5.41) is 12.8. The Labute approximate surface area is 221 Å². The number of imide groups is 1. The molecule has 0 radical (unpaired) electrons. The van der Waals surface area contributed by atoms with Gasteiger partial charge in [-0.15, -0.1) is 0 Å². The number of sulfonamides is 1. The lowest BCUT2D eigenvalue weighted by molar-refractivity contribution is -0.142. The number of hydrogen-bond donors (Lipinski definition) is 3. The lowest BCUT2D eigenvalue weighted by Gasteiger charge is -2.30. The van der Waals surface area contributed by atoms with Crippen LogP contribution in [0.3, 0.4) is 0 Å². The van der Waals surface area contributed by atoms with Crippen molar-refractivity contribution in [2.75, 3.05) is 24.1 Å². The first-order valence-electron chi connectivity index (χ1n) is 12.2. The monoisotopic (exact) mass is 544 g/mol. The maximum Gasteiger partial charge on any atom is 0.326 e.